The van der Waals surface area contributed by atoms with Crippen LogP contribution in [0.25, 0.3) is 0 Å². The average Bonchev–Trinajstić information content (AvgIpc) is 3.03. The second kappa shape index (κ2) is 7.64. The zero-order valence-electron chi connectivity index (χ0n) is 12.7. The minimum absolute atomic E-state index is 0.124. The van der Waals surface area contributed by atoms with Gasteiger partial charge in [-0.2, -0.15) is 0 Å². The summed E-state index contributed by atoms with van der Waals surface area (Å²) in [5.41, 5.74) is 1.05. The van der Waals surface area contributed by atoms with Crippen molar-refractivity contribution in [2.24, 2.45) is 0 Å². The summed E-state index contributed by atoms with van der Waals surface area (Å²) >= 11 is 11.8. The number of hydrogen-bond acceptors (Lipinski definition) is 4. The third-order valence-electron chi connectivity index (χ3n) is 3.42. The van der Waals surface area contributed by atoms with Crippen LogP contribution in [-0.4, -0.2) is 25.9 Å². The maximum atomic E-state index is 11.8. The third-order valence-corrected chi connectivity index (χ3v) is 3.97. The average molecular weight is 368 g/mol. The van der Waals surface area contributed by atoms with E-state index in [1.807, 2.05) is 18.2 Å². The Kier molecular flexibility index (Phi) is 5.33. The van der Waals surface area contributed by atoms with Crippen LogP contribution in [-0.2, 0) is 11.2 Å². The number of hydrogen-bond donors (Lipinski definition) is 1. The van der Waals surface area contributed by atoms with Crippen molar-refractivity contribution >= 4 is 29.1 Å². The Bertz CT molecular complexity index is 751. The largest absolute Gasteiger partial charge is 0.482 e. The first-order chi connectivity index (χ1) is 11.6. The number of benzene rings is 2. The highest BCUT2D eigenvalue weighted by Crippen LogP contribution is 2.32. The summed E-state index contributed by atoms with van der Waals surface area (Å²) in [7, 11) is 0. The molecule has 0 radical (unpaired) electrons. The smallest absolute Gasteiger partial charge is 0.257 e. The van der Waals surface area contributed by atoms with E-state index in [2.05, 4.69) is 5.32 Å². The standard InChI is InChI=1S/C17H15Cl2NO4/c18-12-2-3-13(19)15(8-12)22-9-17(21)20-6-5-11-1-4-14-16(7-11)24-10-23-14/h1-4,7-8H,5-6,9-10H2,(H,20,21). The van der Waals surface area contributed by atoms with Gasteiger partial charge in [0, 0.05) is 17.6 Å². The number of carbonyl (C=O) groups is 1. The molecular weight excluding hydrogens is 353 g/mol. The van der Waals surface area contributed by atoms with E-state index in [4.69, 9.17) is 37.4 Å². The Morgan fingerprint density at radius 1 is 1.12 bits per heavy atom. The maximum Gasteiger partial charge on any atom is 0.257 e. The van der Waals surface area contributed by atoms with Crippen LogP contribution in [0.2, 0.25) is 10.0 Å². The Morgan fingerprint density at radius 2 is 1.96 bits per heavy atom. The lowest BCUT2D eigenvalue weighted by molar-refractivity contribution is -0.123. The molecule has 126 valence electrons. The normalized spacial score (nSPS) is 12.1. The van der Waals surface area contributed by atoms with Crippen LogP contribution in [0, 0.1) is 0 Å². The van der Waals surface area contributed by atoms with Crippen molar-refractivity contribution in [1.29, 1.82) is 0 Å². The van der Waals surface area contributed by atoms with Gasteiger partial charge in [-0.25, -0.2) is 0 Å². The van der Waals surface area contributed by atoms with Gasteiger partial charge >= 0.3 is 0 Å². The fourth-order valence-corrected chi connectivity index (χ4v) is 2.56. The Hall–Kier alpha value is -2.11. The third kappa shape index (κ3) is 4.24. The number of rotatable bonds is 6. The lowest BCUT2D eigenvalue weighted by Gasteiger charge is -2.09. The molecule has 0 bridgehead atoms. The van der Waals surface area contributed by atoms with Crippen LogP contribution in [0.15, 0.2) is 36.4 Å². The number of carbonyl (C=O) groups excluding carboxylic acids is 1. The van der Waals surface area contributed by atoms with Crippen molar-refractivity contribution in [3.8, 4) is 17.2 Å². The second-order valence-corrected chi connectivity index (χ2v) is 5.99. The molecule has 24 heavy (non-hydrogen) atoms. The maximum absolute atomic E-state index is 11.8. The molecule has 0 fully saturated rings. The summed E-state index contributed by atoms with van der Waals surface area (Å²) in [6.45, 7) is 0.616. The fraction of sp³-hybridized carbons (Fsp3) is 0.235. The van der Waals surface area contributed by atoms with Crippen LogP contribution in [0.1, 0.15) is 5.56 Å². The molecule has 1 amide bonds. The molecule has 0 atom stereocenters. The van der Waals surface area contributed by atoms with E-state index in [0.717, 1.165) is 17.1 Å². The van der Waals surface area contributed by atoms with E-state index in [0.29, 0.717) is 28.8 Å². The summed E-state index contributed by atoms with van der Waals surface area (Å²) in [4.78, 5) is 11.8. The van der Waals surface area contributed by atoms with Crippen LogP contribution < -0.4 is 19.5 Å². The predicted molar refractivity (Wildman–Crippen MR) is 91.2 cm³/mol. The number of nitrogens with one attached hydrogen (secondary N) is 1. The molecule has 0 spiro atoms. The van der Waals surface area contributed by atoms with E-state index >= 15 is 0 Å². The number of ether oxygens (including phenoxy) is 3. The fourth-order valence-electron chi connectivity index (χ4n) is 2.22. The summed E-state index contributed by atoms with van der Waals surface area (Å²) in [6.07, 6.45) is 0.681. The van der Waals surface area contributed by atoms with Crippen molar-refractivity contribution in [3.63, 3.8) is 0 Å². The van der Waals surface area contributed by atoms with Crippen LogP contribution in [0.5, 0.6) is 17.2 Å². The van der Waals surface area contributed by atoms with Gasteiger partial charge in [0.25, 0.3) is 5.91 Å². The Labute approximate surface area is 149 Å². The number of fused-ring (bicyclic) bond motifs is 1. The molecule has 7 heteroatoms. The molecule has 1 N–H and O–H groups in total. The molecular formula is C17H15Cl2NO4. The topological polar surface area (TPSA) is 56.8 Å². The van der Waals surface area contributed by atoms with Gasteiger partial charge in [0.2, 0.25) is 6.79 Å². The molecule has 1 aliphatic heterocycles. The van der Waals surface area contributed by atoms with Gasteiger partial charge in [0.1, 0.15) is 5.75 Å². The summed E-state index contributed by atoms with van der Waals surface area (Å²) in [6, 6.07) is 10.6. The highest BCUT2D eigenvalue weighted by molar-refractivity contribution is 6.34. The predicted octanol–water partition coefficient (Wildman–Crippen LogP) is 3.46. The van der Waals surface area contributed by atoms with Crippen molar-refractivity contribution in [2.45, 2.75) is 6.42 Å². The zero-order chi connectivity index (χ0) is 16.9. The molecule has 0 aliphatic carbocycles. The van der Waals surface area contributed by atoms with Gasteiger partial charge in [-0.3, -0.25) is 4.79 Å². The molecule has 3 rings (SSSR count). The van der Waals surface area contributed by atoms with Crippen molar-refractivity contribution in [1.82, 2.24) is 5.32 Å². The van der Waals surface area contributed by atoms with Crippen LogP contribution in [0.4, 0.5) is 0 Å². The minimum atomic E-state index is -0.230. The number of amides is 1. The quantitative estimate of drug-likeness (QED) is 0.849. The zero-order valence-corrected chi connectivity index (χ0v) is 14.2. The molecule has 1 heterocycles. The molecule has 2 aromatic carbocycles. The summed E-state index contributed by atoms with van der Waals surface area (Å²) < 4.78 is 16.0. The van der Waals surface area contributed by atoms with Crippen molar-refractivity contribution < 1.29 is 19.0 Å². The molecule has 5 nitrogen and oxygen atoms in total. The Morgan fingerprint density at radius 3 is 2.83 bits per heavy atom. The summed E-state index contributed by atoms with van der Waals surface area (Å²) in [5, 5.41) is 3.70. The first kappa shape index (κ1) is 16.7. The highest BCUT2D eigenvalue weighted by Gasteiger charge is 2.13. The number of halogens is 2. The SMILES string of the molecule is O=C(COc1cc(Cl)ccc1Cl)NCCc1ccc2c(c1)OCO2. The first-order valence-electron chi connectivity index (χ1n) is 7.35. The van der Waals surface area contributed by atoms with Crippen molar-refractivity contribution in [2.75, 3.05) is 19.9 Å². The lowest BCUT2D eigenvalue weighted by Crippen LogP contribution is -2.30. The van der Waals surface area contributed by atoms with Gasteiger partial charge < -0.3 is 19.5 Å². The molecule has 1 aliphatic rings. The van der Waals surface area contributed by atoms with Gasteiger partial charge in [-0.05, 0) is 36.2 Å². The van der Waals surface area contributed by atoms with Crippen LogP contribution >= 0.6 is 23.2 Å². The minimum Gasteiger partial charge on any atom is -0.482 e. The van der Waals surface area contributed by atoms with E-state index in [1.54, 1.807) is 18.2 Å². The van der Waals surface area contributed by atoms with E-state index < -0.39 is 0 Å². The molecule has 0 unspecified atom stereocenters. The van der Waals surface area contributed by atoms with Gasteiger partial charge in [-0.15, -0.1) is 0 Å². The Balaban J connectivity index is 1.43. The molecule has 0 saturated carbocycles. The summed E-state index contributed by atoms with van der Waals surface area (Å²) in [5.74, 6) is 1.63. The molecule has 0 saturated heterocycles. The van der Waals surface area contributed by atoms with Crippen molar-refractivity contribution in [3.05, 3.63) is 52.0 Å². The van der Waals surface area contributed by atoms with E-state index in [1.165, 1.54) is 0 Å². The highest BCUT2D eigenvalue weighted by atomic mass is 35.5. The van der Waals surface area contributed by atoms with Gasteiger partial charge in [0.05, 0.1) is 5.02 Å². The second-order valence-electron chi connectivity index (χ2n) is 5.15. The van der Waals surface area contributed by atoms with E-state index in [-0.39, 0.29) is 19.3 Å². The van der Waals surface area contributed by atoms with Gasteiger partial charge in [-0.1, -0.05) is 29.3 Å². The lowest BCUT2D eigenvalue weighted by atomic mass is 10.1. The van der Waals surface area contributed by atoms with Gasteiger partial charge in [0.15, 0.2) is 18.1 Å². The molecule has 2 aromatic rings. The monoisotopic (exact) mass is 367 g/mol. The molecule has 0 aromatic heterocycles. The first-order valence-corrected chi connectivity index (χ1v) is 8.10. The van der Waals surface area contributed by atoms with Crippen LogP contribution in [0.3, 0.4) is 0 Å². The van der Waals surface area contributed by atoms with E-state index in [9.17, 15) is 4.79 Å².